The molecule has 5 N–H and O–H groups in total. The summed E-state index contributed by atoms with van der Waals surface area (Å²) in [4.78, 5) is 25.2. The quantitative estimate of drug-likeness (QED) is 0.634. The molecule has 0 saturated heterocycles. The van der Waals surface area contributed by atoms with E-state index in [2.05, 4.69) is 10.4 Å². The van der Waals surface area contributed by atoms with Crippen LogP contribution in [0.2, 0.25) is 0 Å². The lowest BCUT2D eigenvalue weighted by Gasteiger charge is -2.20. The van der Waals surface area contributed by atoms with E-state index in [0.717, 1.165) is 22.9 Å². The minimum atomic E-state index is -4.55. The fourth-order valence-electron chi connectivity index (χ4n) is 3.10. The van der Waals surface area contributed by atoms with E-state index in [4.69, 9.17) is 11.6 Å². The number of alkyl halides is 3. The van der Waals surface area contributed by atoms with E-state index in [1.807, 2.05) is 0 Å². The highest BCUT2D eigenvalue weighted by molar-refractivity contribution is 5.85. The van der Waals surface area contributed by atoms with E-state index < -0.39 is 29.8 Å². The van der Waals surface area contributed by atoms with E-state index in [-0.39, 0.29) is 22.4 Å². The van der Waals surface area contributed by atoms with Crippen LogP contribution in [0.25, 0.3) is 10.8 Å². The Balaban J connectivity index is 1.94. The first-order valence-electron chi connectivity index (χ1n) is 9.28. The van der Waals surface area contributed by atoms with Gasteiger partial charge in [-0.1, -0.05) is 13.8 Å². The van der Waals surface area contributed by atoms with Crippen molar-refractivity contribution in [3.05, 3.63) is 75.8 Å². The van der Waals surface area contributed by atoms with Gasteiger partial charge in [0.2, 0.25) is 5.91 Å². The molecule has 3 rings (SSSR count). The summed E-state index contributed by atoms with van der Waals surface area (Å²) in [6, 6.07) is 2.87. The zero-order valence-electron chi connectivity index (χ0n) is 16.8. The molecule has 164 valence electrons. The molecule has 0 aliphatic carbocycles. The summed E-state index contributed by atoms with van der Waals surface area (Å²) < 4.78 is 40.3. The average Bonchev–Trinajstić information content (AvgIpc) is 2.69. The lowest BCUT2D eigenvalue weighted by molar-refractivity contribution is -0.137. The number of hydrogen-bond acceptors (Lipinski definition) is 6. The maximum atomic E-state index is 13.1. The van der Waals surface area contributed by atoms with Crippen LogP contribution in [-0.2, 0) is 17.5 Å². The van der Waals surface area contributed by atoms with Crippen molar-refractivity contribution in [2.75, 3.05) is 0 Å². The molecular formula is C20H21F3N6O2. The molecule has 0 unspecified atom stereocenters. The molecule has 1 aliphatic rings. The van der Waals surface area contributed by atoms with Gasteiger partial charge in [0.25, 0.3) is 5.56 Å². The van der Waals surface area contributed by atoms with Crippen LogP contribution in [0.4, 0.5) is 13.2 Å². The van der Waals surface area contributed by atoms with Crippen molar-refractivity contribution in [1.82, 2.24) is 20.1 Å². The predicted molar refractivity (Wildman–Crippen MR) is 109 cm³/mol. The Labute approximate surface area is 175 Å². The molecule has 8 nitrogen and oxygen atoms in total. The molecule has 1 aromatic carbocycles. The molecular weight excluding hydrogens is 413 g/mol. The van der Waals surface area contributed by atoms with Gasteiger partial charge in [-0.25, -0.2) is 10.5 Å². The van der Waals surface area contributed by atoms with Crippen LogP contribution in [0, 0.1) is 0 Å². The Hall–Kier alpha value is -3.60. The first-order chi connectivity index (χ1) is 14.5. The lowest BCUT2D eigenvalue weighted by Crippen LogP contribution is -2.36. The SMILES string of the molecule is CC(C)c1nn(CC(=O)NC2=CN(N)/C(=C\N)C=C2)c(=O)c2ccc(C(F)(F)F)cc12. The fourth-order valence-corrected chi connectivity index (χ4v) is 3.10. The Morgan fingerprint density at radius 1 is 1.26 bits per heavy atom. The highest BCUT2D eigenvalue weighted by Gasteiger charge is 2.31. The average molecular weight is 434 g/mol. The highest BCUT2D eigenvalue weighted by Crippen LogP contribution is 2.32. The van der Waals surface area contributed by atoms with Crippen LogP contribution in [-0.4, -0.2) is 20.7 Å². The highest BCUT2D eigenvalue weighted by atomic mass is 19.4. The number of carbonyl (C=O) groups excluding carboxylic acids is 1. The van der Waals surface area contributed by atoms with Crippen molar-refractivity contribution in [1.29, 1.82) is 0 Å². The predicted octanol–water partition coefficient (Wildman–Crippen LogP) is 2.04. The summed E-state index contributed by atoms with van der Waals surface area (Å²) in [5, 5.41) is 8.15. The van der Waals surface area contributed by atoms with Gasteiger partial charge in [0, 0.05) is 17.8 Å². The number of aromatic nitrogens is 2. The number of allylic oxidation sites excluding steroid dienone is 2. The summed E-state index contributed by atoms with van der Waals surface area (Å²) >= 11 is 0. The van der Waals surface area contributed by atoms with Gasteiger partial charge >= 0.3 is 6.18 Å². The van der Waals surface area contributed by atoms with Crippen molar-refractivity contribution in [3.63, 3.8) is 0 Å². The number of nitrogens with two attached hydrogens (primary N) is 2. The molecule has 1 aliphatic heterocycles. The zero-order chi connectivity index (χ0) is 22.9. The Morgan fingerprint density at radius 3 is 2.55 bits per heavy atom. The maximum absolute atomic E-state index is 13.1. The largest absolute Gasteiger partial charge is 0.416 e. The molecule has 1 amide bonds. The fraction of sp³-hybridized carbons (Fsp3) is 0.250. The molecule has 0 radical (unpaired) electrons. The number of nitrogens with zero attached hydrogens (tertiary/aromatic N) is 3. The Morgan fingerprint density at radius 2 is 1.97 bits per heavy atom. The van der Waals surface area contributed by atoms with Gasteiger partial charge in [0.05, 0.1) is 28.0 Å². The van der Waals surface area contributed by atoms with Crippen molar-refractivity contribution in [2.45, 2.75) is 32.5 Å². The van der Waals surface area contributed by atoms with Crippen LogP contribution >= 0.6 is 0 Å². The van der Waals surface area contributed by atoms with Gasteiger partial charge in [0.15, 0.2) is 0 Å². The van der Waals surface area contributed by atoms with Crippen molar-refractivity contribution in [3.8, 4) is 0 Å². The molecule has 0 fully saturated rings. The molecule has 2 aromatic rings. The second kappa shape index (κ2) is 8.26. The molecule has 0 spiro atoms. The number of benzene rings is 1. The zero-order valence-corrected chi connectivity index (χ0v) is 16.8. The number of hydrazine groups is 1. The third kappa shape index (κ3) is 4.61. The number of hydrogen-bond donors (Lipinski definition) is 3. The van der Waals surface area contributed by atoms with Crippen LogP contribution in [0.15, 0.2) is 58.9 Å². The van der Waals surface area contributed by atoms with Crippen LogP contribution in [0.1, 0.15) is 31.0 Å². The molecule has 0 atom stereocenters. The van der Waals surface area contributed by atoms with Gasteiger partial charge in [-0.3, -0.25) is 14.6 Å². The van der Waals surface area contributed by atoms with Crippen molar-refractivity contribution in [2.24, 2.45) is 11.6 Å². The lowest BCUT2D eigenvalue weighted by atomic mass is 10.0. The Bertz CT molecular complexity index is 1180. The number of rotatable bonds is 4. The summed E-state index contributed by atoms with van der Waals surface area (Å²) in [7, 11) is 0. The summed E-state index contributed by atoms with van der Waals surface area (Å²) in [5.41, 5.74) is 5.06. The molecule has 0 bridgehead atoms. The van der Waals surface area contributed by atoms with E-state index in [1.54, 1.807) is 26.0 Å². The van der Waals surface area contributed by atoms with E-state index >= 15 is 0 Å². The number of carbonyl (C=O) groups is 1. The number of fused-ring (bicyclic) bond motifs is 1. The monoisotopic (exact) mass is 434 g/mol. The summed E-state index contributed by atoms with van der Waals surface area (Å²) in [6.07, 6.45) is 1.35. The minimum absolute atomic E-state index is 0.0575. The summed E-state index contributed by atoms with van der Waals surface area (Å²) in [6.45, 7) is 3.06. The van der Waals surface area contributed by atoms with Gasteiger partial charge in [0.1, 0.15) is 6.54 Å². The summed E-state index contributed by atoms with van der Waals surface area (Å²) in [5.74, 6) is 4.91. The minimum Gasteiger partial charge on any atom is -0.403 e. The smallest absolute Gasteiger partial charge is 0.403 e. The number of halogens is 3. The van der Waals surface area contributed by atoms with Crippen molar-refractivity contribution >= 4 is 16.7 Å². The topological polar surface area (TPSA) is 119 Å². The van der Waals surface area contributed by atoms with Crippen molar-refractivity contribution < 1.29 is 18.0 Å². The number of nitrogens with one attached hydrogen (secondary N) is 1. The van der Waals surface area contributed by atoms with Crippen LogP contribution < -0.4 is 22.5 Å². The standard InChI is InChI=1S/C20H21F3N6O2/c1-11(2)18-16-7-12(20(21,22)23)3-6-15(16)19(31)29(27-18)10-17(30)26-13-4-5-14(8-24)28(25)9-13/h3-9,11H,10,24-25H2,1-2H3,(H,26,30)/b14-8-. The molecule has 31 heavy (non-hydrogen) atoms. The van der Waals surface area contributed by atoms with E-state index in [1.165, 1.54) is 17.4 Å². The van der Waals surface area contributed by atoms with E-state index in [9.17, 15) is 22.8 Å². The second-order valence-electron chi connectivity index (χ2n) is 7.23. The van der Waals surface area contributed by atoms with Crippen LogP contribution in [0.5, 0.6) is 0 Å². The first-order valence-corrected chi connectivity index (χ1v) is 9.28. The Kier molecular flexibility index (Phi) is 5.89. The molecule has 11 heteroatoms. The molecule has 0 saturated carbocycles. The van der Waals surface area contributed by atoms with Gasteiger partial charge < -0.3 is 11.1 Å². The normalized spacial score (nSPS) is 15.6. The molecule has 2 heterocycles. The van der Waals surface area contributed by atoms with Gasteiger partial charge in [-0.05, 0) is 36.3 Å². The van der Waals surface area contributed by atoms with Gasteiger partial charge in [-0.2, -0.15) is 18.3 Å². The van der Waals surface area contributed by atoms with Gasteiger partial charge in [-0.15, -0.1) is 0 Å². The van der Waals surface area contributed by atoms with Crippen LogP contribution in [0.3, 0.4) is 0 Å². The maximum Gasteiger partial charge on any atom is 0.416 e. The molecule has 1 aromatic heterocycles. The second-order valence-corrected chi connectivity index (χ2v) is 7.23. The third-order valence-corrected chi connectivity index (χ3v) is 4.62. The first kappa shape index (κ1) is 22.1. The van der Waals surface area contributed by atoms with E-state index in [0.29, 0.717) is 11.4 Å². The number of amides is 1. The third-order valence-electron chi connectivity index (χ3n) is 4.62.